The normalized spacial score (nSPS) is 14.1. The molecule has 7 nitrogen and oxygen atoms in total. The van der Waals surface area contributed by atoms with Gasteiger partial charge in [-0.15, -0.1) is 0 Å². The highest BCUT2D eigenvalue weighted by molar-refractivity contribution is 5.79. The molecular weight excluding hydrogens is 354 g/mol. The number of guanidine groups is 1. The number of aliphatic imine (C=N–C) groups is 1. The van der Waals surface area contributed by atoms with E-state index >= 15 is 0 Å². The predicted octanol–water partition coefficient (Wildman–Crippen LogP) is 2.43. The van der Waals surface area contributed by atoms with E-state index in [1.165, 1.54) is 18.4 Å². The quantitative estimate of drug-likeness (QED) is 0.414. The number of benzene rings is 1. The fraction of sp³-hybridized carbons (Fsp3) is 0.429. The van der Waals surface area contributed by atoms with Crippen LogP contribution in [0.2, 0.25) is 0 Å². The van der Waals surface area contributed by atoms with E-state index in [-0.39, 0.29) is 0 Å². The number of rotatable bonds is 8. The predicted molar refractivity (Wildman–Crippen MR) is 112 cm³/mol. The topological polar surface area (TPSA) is 71.0 Å². The summed E-state index contributed by atoms with van der Waals surface area (Å²) in [5.41, 5.74) is 1.19. The highest BCUT2D eigenvalue weighted by Crippen LogP contribution is 2.18. The van der Waals surface area contributed by atoms with Crippen molar-refractivity contribution in [3.63, 3.8) is 0 Å². The van der Waals surface area contributed by atoms with Crippen molar-refractivity contribution in [3.8, 4) is 11.5 Å². The molecule has 0 amide bonds. The Morgan fingerprint density at radius 3 is 2.57 bits per heavy atom. The summed E-state index contributed by atoms with van der Waals surface area (Å²) in [5, 5.41) is 6.60. The van der Waals surface area contributed by atoms with Crippen LogP contribution in [0.25, 0.3) is 0 Å². The third kappa shape index (κ3) is 5.77. The average Bonchev–Trinajstić information content (AvgIpc) is 3.29. The minimum atomic E-state index is 0.543. The molecule has 2 N–H and O–H groups in total. The van der Waals surface area contributed by atoms with Crippen LogP contribution >= 0.6 is 0 Å². The highest BCUT2D eigenvalue weighted by Gasteiger charge is 2.13. The van der Waals surface area contributed by atoms with Crippen LogP contribution in [0.5, 0.6) is 11.5 Å². The lowest BCUT2D eigenvalue weighted by molar-refractivity contribution is 0.321. The molecule has 0 aliphatic carbocycles. The Kier molecular flexibility index (Phi) is 7.35. The molecule has 3 rings (SSSR count). The number of hydrogen-bond acceptors (Lipinski definition) is 5. The Hall–Kier alpha value is -2.96. The minimum absolute atomic E-state index is 0.543. The van der Waals surface area contributed by atoms with Gasteiger partial charge in [-0.25, -0.2) is 4.98 Å². The van der Waals surface area contributed by atoms with Gasteiger partial charge in [0.1, 0.15) is 23.9 Å². The zero-order valence-corrected chi connectivity index (χ0v) is 16.6. The van der Waals surface area contributed by atoms with Gasteiger partial charge in [-0.05, 0) is 54.8 Å². The SMILES string of the molecule is CN=C(NCCOc1ccc(OC)cc1)NCc1ccnc(N2CCCC2)c1. The molecule has 0 unspecified atom stereocenters. The zero-order valence-electron chi connectivity index (χ0n) is 16.6. The monoisotopic (exact) mass is 383 g/mol. The van der Waals surface area contributed by atoms with Crippen molar-refractivity contribution in [1.82, 2.24) is 15.6 Å². The standard InChI is InChI=1S/C21H29N5O2/c1-22-21(24-11-14-28-19-7-5-18(27-2)6-8-19)25-16-17-9-10-23-20(15-17)26-12-3-4-13-26/h5-10,15H,3-4,11-14,16H2,1-2H3,(H2,22,24,25). The first kappa shape index (κ1) is 19.8. The molecule has 7 heteroatoms. The number of anilines is 1. The molecule has 0 atom stereocenters. The molecule has 150 valence electrons. The van der Waals surface area contributed by atoms with Crippen molar-refractivity contribution >= 4 is 11.8 Å². The van der Waals surface area contributed by atoms with Crippen molar-refractivity contribution in [2.45, 2.75) is 19.4 Å². The number of aromatic nitrogens is 1. The molecule has 2 aromatic rings. The third-order valence-electron chi connectivity index (χ3n) is 4.65. The molecule has 1 fully saturated rings. The summed E-state index contributed by atoms with van der Waals surface area (Å²) in [7, 11) is 3.42. The molecule has 2 heterocycles. The summed E-state index contributed by atoms with van der Waals surface area (Å²) in [6, 6.07) is 11.7. The first-order chi connectivity index (χ1) is 13.8. The Balaban J connectivity index is 1.40. The summed E-state index contributed by atoms with van der Waals surface area (Å²) in [6.45, 7) is 4.09. The van der Waals surface area contributed by atoms with Crippen molar-refractivity contribution in [2.75, 3.05) is 45.3 Å². The number of pyridine rings is 1. The van der Waals surface area contributed by atoms with Crippen molar-refractivity contribution in [3.05, 3.63) is 48.2 Å². The molecule has 0 radical (unpaired) electrons. The maximum Gasteiger partial charge on any atom is 0.191 e. The Morgan fingerprint density at radius 1 is 1.11 bits per heavy atom. The number of ether oxygens (including phenoxy) is 2. The fourth-order valence-electron chi connectivity index (χ4n) is 3.11. The van der Waals surface area contributed by atoms with E-state index in [0.29, 0.717) is 19.7 Å². The second kappa shape index (κ2) is 10.4. The Morgan fingerprint density at radius 2 is 1.86 bits per heavy atom. The maximum absolute atomic E-state index is 5.72. The van der Waals surface area contributed by atoms with Gasteiger partial charge in [-0.2, -0.15) is 0 Å². The Bertz CT molecular complexity index is 758. The minimum Gasteiger partial charge on any atom is -0.497 e. The van der Waals surface area contributed by atoms with Crippen LogP contribution in [-0.2, 0) is 6.54 Å². The Labute approximate surface area is 166 Å². The summed E-state index contributed by atoms with van der Waals surface area (Å²) in [5.74, 6) is 3.45. The van der Waals surface area contributed by atoms with Crippen LogP contribution < -0.4 is 25.0 Å². The van der Waals surface area contributed by atoms with Gasteiger partial charge in [-0.3, -0.25) is 4.99 Å². The molecule has 0 bridgehead atoms. The number of nitrogens with one attached hydrogen (secondary N) is 2. The van der Waals surface area contributed by atoms with Gasteiger partial charge >= 0.3 is 0 Å². The largest absolute Gasteiger partial charge is 0.497 e. The summed E-state index contributed by atoms with van der Waals surface area (Å²) >= 11 is 0. The molecule has 0 spiro atoms. The van der Waals surface area contributed by atoms with E-state index in [0.717, 1.165) is 36.4 Å². The zero-order chi connectivity index (χ0) is 19.6. The summed E-state index contributed by atoms with van der Waals surface area (Å²) in [4.78, 5) is 11.1. The number of hydrogen-bond donors (Lipinski definition) is 2. The molecule has 0 saturated carbocycles. The molecule has 1 aromatic heterocycles. The summed E-state index contributed by atoms with van der Waals surface area (Å²) < 4.78 is 10.9. The van der Waals surface area contributed by atoms with Gasteiger partial charge in [0, 0.05) is 32.9 Å². The van der Waals surface area contributed by atoms with E-state index in [2.05, 4.69) is 31.6 Å². The average molecular weight is 383 g/mol. The van der Waals surface area contributed by atoms with Gasteiger partial charge in [-0.1, -0.05) is 0 Å². The molecule has 1 saturated heterocycles. The fourth-order valence-corrected chi connectivity index (χ4v) is 3.11. The van der Waals surface area contributed by atoms with Crippen molar-refractivity contribution in [2.24, 2.45) is 4.99 Å². The van der Waals surface area contributed by atoms with Gasteiger partial charge < -0.3 is 25.0 Å². The molecular formula is C21H29N5O2. The van der Waals surface area contributed by atoms with E-state index < -0.39 is 0 Å². The lowest BCUT2D eigenvalue weighted by Crippen LogP contribution is -2.38. The third-order valence-corrected chi connectivity index (χ3v) is 4.65. The van der Waals surface area contributed by atoms with Gasteiger partial charge in [0.05, 0.1) is 13.7 Å². The second-order valence-electron chi connectivity index (χ2n) is 6.59. The molecule has 28 heavy (non-hydrogen) atoms. The van der Waals surface area contributed by atoms with E-state index in [9.17, 15) is 0 Å². The van der Waals surface area contributed by atoms with Crippen LogP contribution in [0.15, 0.2) is 47.6 Å². The first-order valence-corrected chi connectivity index (χ1v) is 9.70. The van der Waals surface area contributed by atoms with Crippen LogP contribution in [0.4, 0.5) is 5.82 Å². The van der Waals surface area contributed by atoms with Crippen LogP contribution in [0.1, 0.15) is 18.4 Å². The maximum atomic E-state index is 5.72. The molecule has 1 aromatic carbocycles. The van der Waals surface area contributed by atoms with Crippen molar-refractivity contribution in [1.29, 1.82) is 0 Å². The highest BCUT2D eigenvalue weighted by atomic mass is 16.5. The van der Waals surface area contributed by atoms with Crippen molar-refractivity contribution < 1.29 is 9.47 Å². The van der Waals surface area contributed by atoms with Gasteiger partial charge in [0.2, 0.25) is 0 Å². The summed E-state index contributed by atoms with van der Waals surface area (Å²) in [6.07, 6.45) is 4.38. The van der Waals surface area contributed by atoms with Crippen LogP contribution in [0, 0.1) is 0 Å². The lowest BCUT2D eigenvalue weighted by Gasteiger charge is -2.17. The molecule has 1 aliphatic rings. The van der Waals surface area contributed by atoms with Crippen LogP contribution in [-0.4, -0.2) is 51.3 Å². The van der Waals surface area contributed by atoms with Gasteiger partial charge in [0.15, 0.2) is 5.96 Å². The number of nitrogens with zero attached hydrogens (tertiary/aromatic N) is 3. The van der Waals surface area contributed by atoms with Gasteiger partial charge in [0.25, 0.3) is 0 Å². The number of methoxy groups -OCH3 is 1. The second-order valence-corrected chi connectivity index (χ2v) is 6.59. The lowest BCUT2D eigenvalue weighted by atomic mass is 10.2. The molecule has 1 aliphatic heterocycles. The smallest absolute Gasteiger partial charge is 0.191 e. The van der Waals surface area contributed by atoms with E-state index in [1.807, 2.05) is 36.5 Å². The van der Waals surface area contributed by atoms with Crippen LogP contribution in [0.3, 0.4) is 0 Å². The van der Waals surface area contributed by atoms with E-state index in [4.69, 9.17) is 9.47 Å². The first-order valence-electron chi connectivity index (χ1n) is 9.70. The van der Waals surface area contributed by atoms with E-state index in [1.54, 1.807) is 14.2 Å².